The first kappa shape index (κ1) is 12.1. The summed E-state index contributed by atoms with van der Waals surface area (Å²) < 4.78 is 27.3. The molecule has 0 aliphatic heterocycles. The summed E-state index contributed by atoms with van der Waals surface area (Å²) in [6.45, 7) is 1.50. The van der Waals surface area contributed by atoms with E-state index in [4.69, 9.17) is 23.2 Å². The minimum absolute atomic E-state index is 0.222. The van der Waals surface area contributed by atoms with Gasteiger partial charge in [-0.25, -0.2) is 8.78 Å². The standard InChI is InChI=1S/C10H5Cl2F2N3/c1-4-2-3-5(13)6(7(4)14)8-15-9(11)17-10(12)16-8/h2-3H,1H3. The molecule has 0 unspecified atom stereocenters. The van der Waals surface area contributed by atoms with E-state index in [0.29, 0.717) is 0 Å². The van der Waals surface area contributed by atoms with Crippen LogP contribution in [0.4, 0.5) is 8.78 Å². The fourth-order valence-electron chi connectivity index (χ4n) is 1.30. The molecule has 1 heterocycles. The molecule has 3 nitrogen and oxygen atoms in total. The summed E-state index contributed by atoms with van der Waals surface area (Å²) in [5.41, 5.74) is -0.0924. The first-order valence-electron chi connectivity index (χ1n) is 4.51. The Hall–Kier alpha value is -1.33. The fraction of sp³-hybridized carbons (Fsp3) is 0.100. The Kier molecular flexibility index (Phi) is 3.22. The molecule has 1 aromatic carbocycles. The zero-order valence-corrected chi connectivity index (χ0v) is 10.0. The number of rotatable bonds is 1. The van der Waals surface area contributed by atoms with Gasteiger partial charge in [-0.2, -0.15) is 15.0 Å². The highest BCUT2D eigenvalue weighted by atomic mass is 35.5. The van der Waals surface area contributed by atoms with E-state index in [0.717, 1.165) is 6.07 Å². The molecular weight excluding hydrogens is 271 g/mol. The van der Waals surface area contributed by atoms with E-state index in [1.54, 1.807) is 0 Å². The van der Waals surface area contributed by atoms with Crippen LogP contribution in [0.5, 0.6) is 0 Å². The van der Waals surface area contributed by atoms with Gasteiger partial charge >= 0.3 is 0 Å². The Bertz CT molecular complexity index is 570. The Morgan fingerprint density at radius 1 is 1.00 bits per heavy atom. The van der Waals surface area contributed by atoms with E-state index in [2.05, 4.69) is 15.0 Å². The molecule has 0 atom stereocenters. The van der Waals surface area contributed by atoms with Crippen molar-refractivity contribution in [2.45, 2.75) is 6.92 Å². The van der Waals surface area contributed by atoms with Gasteiger partial charge in [0.05, 0.1) is 5.56 Å². The largest absolute Gasteiger partial charge is 0.227 e. The summed E-state index contributed by atoms with van der Waals surface area (Å²) in [5, 5.41) is -0.444. The number of halogens is 4. The van der Waals surface area contributed by atoms with Gasteiger partial charge in [-0.15, -0.1) is 0 Å². The second-order valence-electron chi connectivity index (χ2n) is 3.25. The molecule has 2 aromatic rings. The van der Waals surface area contributed by atoms with E-state index in [1.165, 1.54) is 13.0 Å². The Morgan fingerprint density at radius 3 is 2.18 bits per heavy atom. The lowest BCUT2D eigenvalue weighted by atomic mass is 10.1. The maximum absolute atomic E-state index is 13.8. The molecule has 17 heavy (non-hydrogen) atoms. The van der Waals surface area contributed by atoms with Gasteiger partial charge in [0.2, 0.25) is 10.6 Å². The highest BCUT2D eigenvalue weighted by Gasteiger charge is 2.17. The molecule has 0 spiro atoms. The lowest BCUT2D eigenvalue weighted by Crippen LogP contribution is -2.00. The third-order valence-electron chi connectivity index (χ3n) is 2.09. The summed E-state index contributed by atoms with van der Waals surface area (Å²) in [4.78, 5) is 10.8. The normalized spacial score (nSPS) is 10.6. The third-order valence-corrected chi connectivity index (χ3v) is 2.43. The average molecular weight is 276 g/mol. The molecule has 0 aliphatic rings. The van der Waals surface area contributed by atoms with Crippen molar-refractivity contribution >= 4 is 23.2 Å². The lowest BCUT2D eigenvalue weighted by Gasteiger charge is -2.06. The van der Waals surface area contributed by atoms with Crippen molar-refractivity contribution < 1.29 is 8.78 Å². The van der Waals surface area contributed by atoms with Gasteiger partial charge in [0.1, 0.15) is 11.6 Å². The second-order valence-corrected chi connectivity index (χ2v) is 3.93. The second kappa shape index (κ2) is 4.50. The molecule has 0 fully saturated rings. The molecule has 0 saturated carbocycles. The number of benzene rings is 1. The molecular formula is C10H5Cl2F2N3. The van der Waals surface area contributed by atoms with Gasteiger partial charge < -0.3 is 0 Å². The number of hydrogen-bond acceptors (Lipinski definition) is 3. The van der Waals surface area contributed by atoms with Crippen molar-refractivity contribution in [1.29, 1.82) is 0 Å². The quantitative estimate of drug-likeness (QED) is 0.800. The van der Waals surface area contributed by atoms with Crippen LogP contribution in [0.2, 0.25) is 10.6 Å². The van der Waals surface area contributed by atoms with E-state index < -0.39 is 11.6 Å². The Balaban J connectivity index is 2.72. The highest BCUT2D eigenvalue weighted by molar-refractivity contribution is 6.31. The van der Waals surface area contributed by atoms with Crippen LogP contribution < -0.4 is 0 Å². The van der Waals surface area contributed by atoms with Crippen molar-refractivity contribution in [3.8, 4) is 11.4 Å². The Morgan fingerprint density at radius 2 is 1.59 bits per heavy atom. The summed E-state index contributed by atoms with van der Waals surface area (Å²) in [5.74, 6) is -1.76. The molecule has 0 N–H and O–H groups in total. The van der Waals surface area contributed by atoms with Crippen LogP contribution in [0.1, 0.15) is 5.56 Å². The molecule has 7 heteroatoms. The van der Waals surface area contributed by atoms with Crippen LogP contribution in [0.15, 0.2) is 12.1 Å². The maximum Gasteiger partial charge on any atom is 0.227 e. The average Bonchev–Trinajstić information content (AvgIpc) is 2.23. The number of aromatic nitrogens is 3. The van der Waals surface area contributed by atoms with Crippen LogP contribution >= 0.6 is 23.2 Å². The molecule has 2 rings (SSSR count). The third kappa shape index (κ3) is 2.35. The van der Waals surface area contributed by atoms with Crippen molar-refractivity contribution in [2.75, 3.05) is 0 Å². The van der Waals surface area contributed by atoms with Crippen LogP contribution in [0, 0.1) is 18.6 Å². The predicted molar refractivity (Wildman–Crippen MR) is 59.9 cm³/mol. The van der Waals surface area contributed by atoms with Crippen LogP contribution in [-0.4, -0.2) is 15.0 Å². The molecule has 0 amide bonds. The summed E-state index contributed by atoms with van der Waals surface area (Å²) in [6, 6.07) is 2.44. The van der Waals surface area contributed by atoms with E-state index in [-0.39, 0.29) is 27.5 Å². The lowest BCUT2D eigenvalue weighted by molar-refractivity contribution is 0.581. The summed E-state index contributed by atoms with van der Waals surface area (Å²) in [6.07, 6.45) is 0. The van der Waals surface area contributed by atoms with Crippen molar-refractivity contribution in [3.63, 3.8) is 0 Å². The summed E-state index contributed by atoms with van der Waals surface area (Å²) >= 11 is 11.1. The SMILES string of the molecule is Cc1ccc(F)c(-c2nc(Cl)nc(Cl)n2)c1F. The minimum atomic E-state index is -0.786. The van der Waals surface area contributed by atoms with Crippen molar-refractivity contribution in [2.24, 2.45) is 0 Å². The van der Waals surface area contributed by atoms with Crippen LogP contribution in [0.3, 0.4) is 0 Å². The number of nitrogens with zero attached hydrogens (tertiary/aromatic N) is 3. The summed E-state index contributed by atoms with van der Waals surface area (Å²) in [7, 11) is 0. The highest BCUT2D eigenvalue weighted by Crippen LogP contribution is 2.26. The molecule has 1 aromatic heterocycles. The van der Waals surface area contributed by atoms with Crippen molar-refractivity contribution in [1.82, 2.24) is 15.0 Å². The molecule has 88 valence electrons. The van der Waals surface area contributed by atoms with Gasteiger partial charge in [-0.1, -0.05) is 6.07 Å². The van der Waals surface area contributed by atoms with Gasteiger partial charge in [0.15, 0.2) is 5.82 Å². The van der Waals surface area contributed by atoms with Crippen LogP contribution in [0.25, 0.3) is 11.4 Å². The number of aryl methyl sites for hydroxylation is 1. The topological polar surface area (TPSA) is 38.7 Å². The van der Waals surface area contributed by atoms with Crippen molar-refractivity contribution in [3.05, 3.63) is 39.9 Å². The fourth-order valence-corrected chi connectivity index (χ4v) is 1.66. The smallest absolute Gasteiger partial charge is 0.206 e. The first-order valence-corrected chi connectivity index (χ1v) is 5.26. The first-order chi connectivity index (χ1) is 7.99. The minimum Gasteiger partial charge on any atom is -0.206 e. The molecule has 0 radical (unpaired) electrons. The molecule has 0 bridgehead atoms. The molecule has 0 saturated heterocycles. The van der Waals surface area contributed by atoms with E-state index in [9.17, 15) is 8.78 Å². The molecule has 0 aliphatic carbocycles. The number of hydrogen-bond donors (Lipinski definition) is 0. The predicted octanol–water partition coefficient (Wildman–Crippen LogP) is 3.43. The van der Waals surface area contributed by atoms with E-state index in [1.807, 2.05) is 0 Å². The van der Waals surface area contributed by atoms with Crippen LogP contribution in [-0.2, 0) is 0 Å². The maximum atomic E-state index is 13.8. The van der Waals surface area contributed by atoms with Gasteiger partial charge in [-0.05, 0) is 41.8 Å². The monoisotopic (exact) mass is 275 g/mol. The van der Waals surface area contributed by atoms with Gasteiger partial charge in [0.25, 0.3) is 0 Å². The van der Waals surface area contributed by atoms with Gasteiger partial charge in [-0.3, -0.25) is 0 Å². The Labute approximate surface area is 105 Å². The van der Waals surface area contributed by atoms with Gasteiger partial charge in [0, 0.05) is 0 Å². The zero-order chi connectivity index (χ0) is 12.6. The zero-order valence-electron chi connectivity index (χ0n) is 8.51. The van der Waals surface area contributed by atoms with E-state index >= 15 is 0 Å².